The molecular weight excluding hydrogens is 166 g/mol. The molecule has 0 amide bonds. The molecule has 0 aliphatic carbocycles. The van der Waals surface area contributed by atoms with Gasteiger partial charge in [0.1, 0.15) is 12.4 Å². The van der Waals surface area contributed by atoms with E-state index in [1.54, 1.807) is 7.11 Å². The van der Waals surface area contributed by atoms with Crippen LogP contribution < -0.4 is 10.1 Å². The Morgan fingerprint density at radius 1 is 1.15 bits per heavy atom. The fourth-order valence-electron chi connectivity index (χ4n) is 0.961. The van der Waals surface area contributed by atoms with Crippen LogP contribution in [0.4, 0.5) is 5.69 Å². The van der Waals surface area contributed by atoms with Gasteiger partial charge in [0.2, 0.25) is 0 Å². The Balaban J connectivity index is 2.40. The van der Waals surface area contributed by atoms with Crippen LogP contribution in [0.25, 0.3) is 0 Å². The molecule has 13 heavy (non-hydrogen) atoms. The van der Waals surface area contributed by atoms with Crippen molar-refractivity contribution in [2.45, 2.75) is 0 Å². The number of anilines is 1. The highest BCUT2D eigenvalue weighted by atomic mass is 16.5. The van der Waals surface area contributed by atoms with Crippen LogP contribution >= 0.6 is 0 Å². The zero-order valence-corrected chi connectivity index (χ0v) is 8.04. The average molecular weight is 181 g/mol. The number of methoxy groups -OCH3 is 1. The molecule has 0 aromatic heterocycles. The summed E-state index contributed by atoms with van der Waals surface area (Å²) in [5.74, 6) is 0.871. The highest BCUT2D eigenvalue weighted by Crippen LogP contribution is 2.14. The standard InChI is InChI=1S/C10H15NO2/c1-11-9-3-5-10(6-4-9)13-8-7-12-2/h3-6,11H,7-8H2,1-2H3. The van der Waals surface area contributed by atoms with Crippen LogP contribution in [0.15, 0.2) is 24.3 Å². The Morgan fingerprint density at radius 2 is 1.85 bits per heavy atom. The molecular formula is C10H15NO2. The topological polar surface area (TPSA) is 30.5 Å². The lowest BCUT2D eigenvalue weighted by Crippen LogP contribution is -2.04. The van der Waals surface area contributed by atoms with Crippen molar-refractivity contribution in [2.75, 3.05) is 32.7 Å². The molecule has 0 fully saturated rings. The Hall–Kier alpha value is -1.22. The molecule has 72 valence electrons. The predicted octanol–water partition coefficient (Wildman–Crippen LogP) is 1.75. The summed E-state index contributed by atoms with van der Waals surface area (Å²) in [4.78, 5) is 0. The lowest BCUT2D eigenvalue weighted by Gasteiger charge is -2.05. The van der Waals surface area contributed by atoms with E-state index in [1.165, 1.54) is 0 Å². The van der Waals surface area contributed by atoms with Crippen molar-refractivity contribution in [3.8, 4) is 5.75 Å². The highest BCUT2D eigenvalue weighted by Gasteiger charge is 1.92. The van der Waals surface area contributed by atoms with E-state index < -0.39 is 0 Å². The molecule has 3 heteroatoms. The lowest BCUT2D eigenvalue weighted by atomic mass is 10.3. The van der Waals surface area contributed by atoms with E-state index in [1.807, 2.05) is 31.3 Å². The quantitative estimate of drug-likeness (QED) is 0.702. The molecule has 1 N–H and O–H groups in total. The zero-order chi connectivity index (χ0) is 9.52. The first-order chi connectivity index (χ1) is 6.36. The molecule has 0 spiro atoms. The third kappa shape index (κ3) is 3.34. The Labute approximate surface area is 78.7 Å². The van der Waals surface area contributed by atoms with Gasteiger partial charge in [-0.15, -0.1) is 0 Å². The van der Waals surface area contributed by atoms with Gasteiger partial charge in [-0.1, -0.05) is 0 Å². The minimum absolute atomic E-state index is 0.593. The summed E-state index contributed by atoms with van der Waals surface area (Å²) in [6.45, 7) is 1.21. The van der Waals surface area contributed by atoms with Crippen molar-refractivity contribution in [3.05, 3.63) is 24.3 Å². The molecule has 0 heterocycles. The second kappa shape index (κ2) is 5.43. The first kappa shape index (κ1) is 9.86. The summed E-state index contributed by atoms with van der Waals surface area (Å²) >= 11 is 0. The fourth-order valence-corrected chi connectivity index (χ4v) is 0.961. The normalized spacial score (nSPS) is 9.69. The Morgan fingerprint density at radius 3 is 2.38 bits per heavy atom. The minimum Gasteiger partial charge on any atom is -0.491 e. The van der Waals surface area contributed by atoms with Gasteiger partial charge in [0.05, 0.1) is 6.61 Å². The third-order valence-corrected chi connectivity index (χ3v) is 1.70. The molecule has 1 aromatic carbocycles. The van der Waals surface area contributed by atoms with Gasteiger partial charge in [-0.2, -0.15) is 0 Å². The third-order valence-electron chi connectivity index (χ3n) is 1.70. The maximum Gasteiger partial charge on any atom is 0.119 e. The van der Waals surface area contributed by atoms with Gasteiger partial charge in [0.15, 0.2) is 0 Å². The molecule has 0 atom stereocenters. The van der Waals surface area contributed by atoms with Crippen LogP contribution in [0, 0.1) is 0 Å². The van der Waals surface area contributed by atoms with Gasteiger partial charge in [0.25, 0.3) is 0 Å². The fraction of sp³-hybridized carbons (Fsp3) is 0.400. The molecule has 1 rings (SSSR count). The molecule has 3 nitrogen and oxygen atoms in total. The predicted molar refractivity (Wildman–Crippen MR) is 53.4 cm³/mol. The molecule has 0 aliphatic rings. The van der Waals surface area contributed by atoms with E-state index in [0.717, 1.165) is 11.4 Å². The van der Waals surface area contributed by atoms with Gasteiger partial charge in [-0.3, -0.25) is 0 Å². The second-order valence-electron chi connectivity index (χ2n) is 2.62. The van der Waals surface area contributed by atoms with E-state index in [9.17, 15) is 0 Å². The largest absolute Gasteiger partial charge is 0.491 e. The SMILES string of the molecule is CNc1ccc(OCCOC)cc1. The van der Waals surface area contributed by atoms with Gasteiger partial charge < -0.3 is 14.8 Å². The molecule has 1 aromatic rings. The highest BCUT2D eigenvalue weighted by molar-refractivity contribution is 5.45. The van der Waals surface area contributed by atoms with Crippen molar-refractivity contribution >= 4 is 5.69 Å². The van der Waals surface area contributed by atoms with Crippen molar-refractivity contribution in [1.29, 1.82) is 0 Å². The van der Waals surface area contributed by atoms with Crippen molar-refractivity contribution in [3.63, 3.8) is 0 Å². The van der Waals surface area contributed by atoms with Crippen LogP contribution in [0.2, 0.25) is 0 Å². The monoisotopic (exact) mass is 181 g/mol. The molecule has 0 bridgehead atoms. The van der Waals surface area contributed by atoms with E-state index in [0.29, 0.717) is 13.2 Å². The van der Waals surface area contributed by atoms with Gasteiger partial charge in [0, 0.05) is 19.8 Å². The molecule has 0 saturated carbocycles. The second-order valence-corrected chi connectivity index (χ2v) is 2.62. The van der Waals surface area contributed by atoms with E-state index in [2.05, 4.69) is 5.32 Å². The number of hydrogen-bond acceptors (Lipinski definition) is 3. The molecule has 0 saturated heterocycles. The van der Waals surface area contributed by atoms with Crippen LogP contribution in [0.1, 0.15) is 0 Å². The van der Waals surface area contributed by atoms with Gasteiger partial charge in [-0.05, 0) is 24.3 Å². The van der Waals surface area contributed by atoms with Crippen LogP contribution in [0.3, 0.4) is 0 Å². The van der Waals surface area contributed by atoms with E-state index in [4.69, 9.17) is 9.47 Å². The summed E-state index contributed by atoms with van der Waals surface area (Å²) in [5.41, 5.74) is 1.08. The van der Waals surface area contributed by atoms with Crippen LogP contribution in [0.5, 0.6) is 5.75 Å². The summed E-state index contributed by atoms with van der Waals surface area (Å²) in [6, 6.07) is 7.81. The summed E-state index contributed by atoms with van der Waals surface area (Å²) in [7, 11) is 3.55. The number of nitrogens with one attached hydrogen (secondary N) is 1. The minimum atomic E-state index is 0.593. The summed E-state index contributed by atoms with van der Waals surface area (Å²) in [6.07, 6.45) is 0. The number of ether oxygens (including phenoxy) is 2. The number of benzene rings is 1. The van der Waals surface area contributed by atoms with E-state index in [-0.39, 0.29) is 0 Å². The average Bonchev–Trinajstić information content (AvgIpc) is 2.19. The number of rotatable bonds is 5. The van der Waals surface area contributed by atoms with Crippen molar-refractivity contribution < 1.29 is 9.47 Å². The molecule has 0 unspecified atom stereocenters. The first-order valence-corrected chi connectivity index (χ1v) is 4.26. The van der Waals surface area contributed by atoms with Crippen molar-refractivity contribution in [1.82, 2.24) is 0 Å². The first-order valence-electron chi connectivity index (χ1n) is 4.26. The molecule has 0 radical (unpaired) electrons. The van der Waals surface area contributed by atoms with Gasteiger partial charge >= 0.3 is 0 Å². The summed E-state index contributed by atoms with van der Waals surface area (Å²) in [5, 5.41) is 3.04. The summed E-state index contributed by atoms with van der Waals surface area (Å²) < 4.78 is 10.3. The Bertz CT molecular complexity index is 233. The van der Waals surface area contributed by atoms with Crippen molar-refractivity contribution in [2.24, 2.45) is 0 Å². The molecule has 0 aliphatic heterocycles. The lowest BCUT2D eigenvalue weighted by molar-refractivity contribution is 0.146. The smallest absolute Gasteiger partial charge is 0.119 e. The Kier molecular flexibility index (Phi) is 4.12. The van der Waals surface area contributed by atoms with Crippen LogP contribution in [-0.4, -0.2) is 27.4 Å². The van der Waals surface area contributed by atoms with E-state index >= 15 is 0 Å². The van der Waals surface area contributed by atoms with Gasteiger partial charge in [-0.25, -0.2) is 0 Å². The maximum atomic E-state index is 5.39. The zero-order valence-electron chi connectivity index (χ0n) is 8.04. The maximum absolute atomic E-state index is 5.39. The van der Waals surface area contributed by atoms with Crippen LogP contribution in [-0.2, 0) is 4.74 Å². The number of hydrogen-bond donors (Lipinski definition) is 1.